The van der Waals surface area contributed by atoms with E-state index in [-0.39, 0.29) is 0 Å². The Hall–Kier alpha value is -1.96. The van der Waals surface area contributed by atoms with Crippen LogP contribution in [0.5, 0.6) is 0 Å². The molecule has 0 radical (unpaired) electrons. The lowest BCUT2D eigenvalue weighted by molar-refractivity contribution is 0.631. The Morgan fingerprint density at radius 1 is 1.05 bits per heavy atom. The molecule has 2 nitrogen and oxygen atoms in total. The van der Waals surface area contributed by atoms with Gasteiger partial charge in [0.1, 0.15) is 0 Å². The summed E-state index contributed by atoms with van der Waals surface area (Å²) >= 11 is 0. The molecule has 1 N–H and O–H groups in total. The van der Waals surface area contributed by atoms with Crippen molar-refractivity contribution >= 4 is 11.4 Å². The monoisotopic (exact) mass is 252 g/mol. The maximum Gasteiger partial charge on any atom is 0.0605 e. The molecule has 0 fully saturated rings. The standard InChI is InChI=1S/C17H20N2/c1-2-15-13-19(12-14-8-4-3-5-9-14)17-11-7-6-10-16(17)18-15/h3-11,15,18H,2,12-13H2,1H3. The fourth-order valence-electron chi connectivity index (χ4n) is 2.69. The molecule has 19 heavy (non-hydrogen) atoms. The molecule has 0 amide bonds. The molecule has 1 aliphatic rings. The van der Waals surface area contributed by atoms with Crippen LogP contribution in [0.4, 0.5) is 11.4 Å². The average molecular weight is 252 g/mol. The minimum atomic E-state index is 0.540. The van der Waals surface area contributed by atoms with Crippen LogP contribution in [-0.2, 0) is 6.54 Å². The summed E-state index contributed by atoms with van der Waals surface area (Å²) < 4.78 is 0. The molecule has 2 heteroatoms. The van der Waals surface area contributed by atoms with Crippen LogP contribution >= 0.6 is 0 Å². The van der Waals surface area contributed by atoms with E-state index in [2.05, 4.69) is 71.7 Å². The largest absolute Gasteiger partial charge is 0.379 e. The molecule has 0 saturated carbocycles. The summed E-state index contributed by atoms with van der Waals surface area (Å²) in [6, 6.07) is 19.8. The van der Waals surface area contributed by atoms with Crippen LogP contribution in [-0.4, -0.2) is 12.6 Å². The normalized spacial score (nSPS) is 17.7. The lowest BCUT2D eigenvalue weighted by Crippen LogP contribution is -2.40. The average Bonchev–Trinajstić information content (AvgIpc) is 2.48. The van der Waals surface area contributed by atoms with Gasteiger partial charge in [-0.15, -0.1) is 0 Å². The molecule has 0 spiro atoms. The number of benzene rings is 2. The number of hydrogen-bond acceptors (Lipinski definition) is 2. The van der Waals surface area contributed by atoms with Crippen molar-refractivity contribution in [1.29, 1.82) is 0 Å². The molecule has 1 unspecified atom stereocenters. The van der Waals surface area contributed by atoms with E-state index in [0.29, 0.717) is 6.04 Å². The highest BCUT2D eigenvalue weighted by Crippen LogP contribution is 2.32. The van der Waals surface area contributed by atoms with Gasteiger partial charge in [0.15, 0.2) is 0 Å². The summed E-state index contributed by atoms with van der Waals surface area (Å²) in [4.78, 5) is 2.48. The molecule has 0 saturated heterocycles. The van der Waals surface area contributed by atoms with Gasteiger partial charge < -0.3 is 10.2 Å². The summed E-state index contributed by atoms with van der Waals surface area (Å²) in [5, 5.41) is 3.62. The molecule has 1 aliphatic heterocycles. The van der Waals surface area contributed by atoms with Crippen LogP contribution in [0.25, 0.3) is 0 Å². The number of anilines is 2. The maximum absolute atomic E-state index is 3.62. The van der Waals surface area contributed by atoms with Crippen molar-refractivity contribution in [3.63, 3.8) is 0 Å². The first-order valence-corrected chi connectivity index (χ1v) is 7.01. The first kappa shape index (κ1) is 12.1. The van der Waals surface area contributed by atoms with Gasteiger partial charge in [-0.1, -0.05) is 49.4 Å². The Morgan fingerprint density at radius 2 is 1.79 bits per heavy atom. The highest BCUT2D eigenvalue weighted by Gasteiger charge is 2.22. The van der Waals surface area contributed by atoms with Crippen LogP contribution in [0.1, 0.15) is 18.9 Å². The van der Waals surface area contributed by atoms with Gasteiger partial charge in [-0.2, -0.15) is 0 Å². The lowest BCUT2D eigenvalue weighted by Gasteiger charge is -2.37. The Labute approximate surface area is 115 Å². The van der Waals surface area contributed by atoms with Gasteiger partial charge in [0.2, 0.25) is 0 Å². The van der Waals surface area contributed by atoms with E-state index >= 15 is 0 Å². The van der Waals surface area contributed by atoms with Gasteiger partial charge >= 0.3 is 0 Å². The van der Waals surface area contributed by atoms with Gasteiger partial charge in [0.25, 0.3) is 0 Å². The maximum atomic E-state index is 3.62. The lowest BCUT2D eigenvalue weighted by atomic mass is 10.1. The van der Waals surface area contributed by atoms with Crippen LogP contribution in [0.2, 0.25) is 0 Å². The van der Waals surface area contributed by atoms with E-state index in [1.807, 2.05) is 0 Å². The third-order valence-electron chi connectivity index (χ3n) is 3.75. The molecule has 0 bridgehead atoms. The van der Waals surface area contributed by atoms with E-state index in [4.69, 9.17) is 0 Å². The zero-order valence-electron chi connectivity index (χ0n) is 11.3. The number of nitrogens with one attached hydrogen (secondary N) is 1. The number of hydrogen-bond donors (Lipinski definition) is 1. The van der Waals surface area contributed by atoms with Crippen molar-refractivity contribution in [2.45, 2.75) is 25.9 Å². The highest BCUT2D eigenvalue weighted by atomic mass is 15.2. The topological polar surface area (TPSA) is 15.3 Å². The van der Waals surface area contributed by atoms with E-state index < -0.39 is 0 Å². The highest BCUT2D eigenvalue weighted by molar-refractivity contribution is 5.72. The molecule has 1 atom stereocenters. The minimum Gasteiger partial charge on any atom is -0.379 e. The second-order valence-corrected chi connectivity index (χ2v) is 5.13. The van der Waals surface area contributed by atoms with Gasteiger partial charge in [-0.3, -0.25) is 0 Å². The predicted octanol–water partition coefficient (Wildman–Crippen LogP) is 3.90. The van der Waals surface area contributed by atoms with Crippen LogP contribution in [0.3, 0.4) is 0 Å². The quantitative estimate of drug-likeness (QED) is 0.891. The molecule has 0 aromatic heterocycles. The first-order chi connectivity index (χ1) is 9.36. The number of para-hydroxylation sites is 2. The van der Waals surface area contributed by atoms with E-state index in [9.17, 15) is 0 Å². The first-order valence-electron chi connectivity index (χ1n) is 7.01. The van der Waals surface area contributed by atoms with Crippen molar-refractivity contribution in [2.75, 3.05) is 16.8 Å². The third kappa shape index (κ3) is 2.58. The molecule has 3 rings (SSSR count). The molecule has 0 aliphatic carbocycles. The van der Waals surface area contributed by atoms with Crippen molar-refractivity contribution < 1.29 is 0 Å². The van der Waals surface area contributed by atoms with Crippen LogP contribution < -0.4 is 10.2 Å². The molecule has 98 valence electrons. The molecule has 1 heterocycles. The molecule has 2 aromatic carbocycles. The second-order valence-electron chi connectivity index (χ2n) is 5.13. The second kappa shape index (κ2) is 5.35. The zero-order chi connectivity index (χ0) is 13.1. The van der Waals surface area contributed by atoms with Crippen LogP contribution in [0.15, 0.2) is 54.6 Å². The fourth-order valence-corrected chi connectivity index (χ4v) is 2.69. The summed E-state index contributed by atoms with van der Waals surface area (Å²) in [6.45, 7) is 4.30. The fraction of sp³-hybridized carbons (Fsp3) is 0.294. The van der Waals surface area contributed by atoms with Crippen molar-refractivity contribution in [3.8, 4) is 0 Å². The van der Waals surface area contributed by atoms with E-state index in [0.717, 1.165) is 19.5 Å². The number of rotatable bonds is 3. The Morgan fingerprint density at radius 3 is 2.58 bits per heavy atom. The van der Waals surface area contributed by atoms with E-state index in [1.54, 1.807) is 0 Å². The Bertz CT molecular complexity index is 536. The van der Waals surface area contributed by atoms with Crippen molar-refractivity contribution in [2.24, 2.45) is 0 Å². The Balaban J connectivity index is 1.88. The van der Waals surface area contributed by atoms with Gasteiger partial charge in [-0.25, -0.2) is 0 Å². The zero-order valence-corrected chi connectivity index (χ0v) is 11.3. The van der Waals surface area contributed by atoms with Gasteiger partial charge in [0, 0.05) is 19.1 Å². The predicted molar refractivity (Wildman–Crippen MR) is 81.6 cm³/mol. The Kier molecular flexibility index (Phi) is 3.41. The van der Waals surface area contributed by atoms with Crippen molar-refractivity contribution in [1.82, 2.24) is 0 Å². The molecular weight excluding hydrogens is 232 g/mol. The number of nitrogens with zero attached hydrogens (tertiary/aromatic N) is 1. The van der Waals surface area contributed by atoms with Crippen LogP contribution in [0, 0.1) is 0 Å². The summed E-state index contributed by atoms with van der Waals surface area (Å²) in [6.07, 6.45) is 1.15. The number of fused-ring (bicyclic) bond motifs is 1. The molecular formula is C17H20N2. The SMILES string of the molecule is CCC1CN(Cc2ccccc2)c2ccccc2N1. The van der Waals surface area contributed by atoms with Crippen molar-refractivity contribution in [3.05, 3.63) is 60.2 Å². The van der Waals surface area contributed by atoms with Gasteiger partial charge in [-0.05, 0) is 24.1 Å². The smallest absolute Gasteiger partial charge is 0.0605 e. The van der Waals surface area contributed by atoms with Gasteiger partial charge in [0.05, 0.1) is 11.4 Å². The summed E-state index contributed by atoms with van der Waals surface area (Å²) in [5.41, 5.74) is 3.95. The molecule has 2 aromatic rings. The third-order valence-corrected chi connectivity index (χ3v) is 3.75. The summed E-state index contributed by atoms with van der Waals surface area (Å²) in [5.74, 6) is 0. The van der Waals surface area contributed by atoms with E-state index in [1.165, 1.54) is 16.9 Å². The summed E-state index contributed by atoms with van der Waals surface area (Å²) in [7, 11) is 0. The minimum absolute atomic E-state index is 0.540.